The van der Waals surface area contributed by atoms with E-state index < -0.39 is 0 Å². The van der Waals surface area contributed by atoms with Crippen molar-refractivity contribution in [3.05, 3.63) is 0 Å². The van der Waals surface area contributed by atoms with Gasteiger partial charge in [0.1, 0.15) is 0 Å². The van der Waals surface area contributed by atoms with Gasteiger partial charge in [-0.3, -0.25) is 4.79 Å². The number of hydrogen-bond acceptors (Lipinski definition) is 2. The summed E-state index contributed by atoms with van der Waals surface area (Å²) in [6.07, 6.45) is 0.946. The fourth-order valence-corrected chi connectivity index (χ4v) is 1.44. The number of hydrogen-bond donors (Lipinski definition) is 2. The first-order valence-electron chi connectivity index (χ1n) is 4.46. The molecule has 1 fully saturated rings. The average Bonchev–Trinajstić information content (AvgIpc) is 2.03. The molecule has 0 heterocycles. The molecule has 3 heteroatoms. The maximum atomic E-state index is 11.0. The van der Waals surface area contributed by atoms with Crippen molar-refractivity contribution in [2.24, 2.45) is 5.41 Å². The van der Waals surface area contributed by atoms with E-state index in [0.717, 1.165) is 0 Å². The fourth-order valence-electron chi connectivity index (χ4n) is 1.44. The first kappa shape index (κ1) is 9.52. The molecule has 3 nitrogen and oxygen atoms in total. The van der Waals surface area contributed by atoms with Gasteiger partial charge in [0.15, 0.2) is 0 Å². The minimum absolute atomic E-state index is 0.0694. The maximum Gasteiger partial charge on any atom is 0.219 e. The molecule has 1 rings (SSSR count). The van der Waals surface area contributed by atoms with Crippen LogP contribution in [0.2, 0.25) is 0 Å². The minimum Gasteiger partial charge on any atom is -0.392 e. The van der Waals surface area contributed by atoms with Crippen LogP contribution in [0.3, 0.4) is 0 Å². The zero-order chi connectivity index (χ0) is 9.35. The molecule has 0 aromatic carbocycles. The van der Waals surface area contributed by atoms with E-state index >= 15 is 0 Å². The van der Waals surface area contributed by atoms with Crippen LogP contribution in [0.15, 0.2) is 0 Å². The van der Waals surface area contributed by atoms with E-state index in [4.69, 9.17) is 0 Å². The summed E-state index contributed by atoms with van der Waals surface area (Å²) in [7, 11) is 0. The second-order valence-electron chi connectivity index (χ2n) is 4.05. The van der Waals surface area contributed by atoms with E-state index in [0.29, 0.717) is 12.8 Å². The Morgan fingerprint density at radius 2 is 2.25 bits per heavy atom. The summed E-state index contributed by atoms with van der Waals surface area (Å²) in [6.45, 7) is 5.78. The molecular weight excluding hydrogens is 154 g/mol. The topological polar surface area (TPSA) is 49.3 Å². The van der Waals surface area contributed by atoms with Crippen molar-refractivity contribution in [3.63, 3.8) is 0 Å². The van der Waals surface area contributed by atoms with Crippen molar-refractivity contribution in [3.8, 4) is 0 Å². The lowest BCUT2D eigenvalue weighted by molar-refractivity contribution is -0.128. The van der Waals surface area contributed by atoms with Gasteiger partial charge >= 0.3 is 0 Å². The number of carbonyl (C=O) groups excluding carboxylic acids is 1. The van der Waals surface area contributed by atoms with Crippen LogP contribution in [0.1, 0.15) is 33.6 Å². The van der Waals surface area contributed by atoms with Gasteiger partial charge in [-0.05, 0) is 6.42 Å². The predicted molar refractivity (Wildman–Crippen MR) is 46.6 cm³/mol. The van der Waals surface area contributed by atoms with Gasteiger partial charge in [-0.1, -0.05) is 20.8 Å². The van der Waals surface area contributed by atoms with Gasteiger partial charge in [0.05, 0.1) is 6.10 Å². The Balaban J connectivity index is 2.42. The van der Waals surface area contributed by atoms with Crippen molar-refractivity contribution < 1.29 is 9.90 Å². The predicted octanol–water partition coefficient (Wildman–Crippen LogP) is 0.672. The second kappa shape index (κ2) is 3.05. The number of amides is 1. The smallest absolute Gasteiger partial charge is 0.219 e. The summed E-state index contributed by atoms with van der Waals surface area (Å²) >= 11 is 0. The van der Waals surface area contributed by atoms with E-state index in [1.807, 2.05) is 20.8 Å². The average molecular weight is 171 g/mol. The fraction of sp³-hybridized carbons (Fsp3) is 0.889. The lowest BCUT2D eigenvalue weighted by Crippen LogP contribution is -2.61. The van der Waals surface area contributed by atoms with E-state index in [1.165, 1.54) is 0 Å². The largest absolute Gasteiger partial charge is 0.392 e. The Labute approximate surface area is 73.2 Å². The third kappa shape index (κ3) is 1.46. The maximum absolute atomic E-state index is 11.0. The van der Waals surface area contributed by atoms with Crippen molar-refractivity contribution in [1.82, 2.24) is 5.32 Å². The number of nitrogens with one attached hydrogen (secondary N) is 1. The Morgan fingerprint density at radius 1 is 1.67 bits per heavy atom. The first-order valence-corrected chi connectivity index (χ1v) is 4.46. The van der Waals surface area contributed by atoms with E-state index in [1.54, 1.807) is 0 Å². The van der Waals surface area contributed by atoms with Crippen LogP contribution < -0.4 is 5.32 Å². The monoisotopic (exact) mass is 171 g/mol. The summed E-state index contributed by atoms with van der Waals surface area (Å²) in [5, 5.41) is 12.3. The SMILES string of the molecule is CCC(=O)NC1CC(O)C1(C)C. The summed E-state index contributed by atoms with van der Waals surface area (Å²) in [5.41, 5.74) is -0.148. The molecule has 0 spiro atoms. The third-order valence-corrected chi connectivity index (χ3v) is 2.87. The number of carbonyl (C=O) groups is 1. The number of rotatable bonds is 2. The molecule has 0 aromatic rings. The molecule has 2 unspecified atom stereocenters. The standard InChI is InChI=1S/C9H17NO2/c1-4-8(12)10-6-5-7(11)9(6,2)3/h6-7,11H,4-5H2,1-3H3,(H,10,12). The summed E-state index contributed by atoms with van der Waals surface area (Å²) in [4.78, 5) is 11.0. The highest BCUT2D eigenvalue weighted by molar-refractivity contribution is 5.76. The van der Waals surface area contributed by atoms with Crippen LogP contribution in [-0.4, -0.2) is 23.2 Å². The summed E-state index contributed by atoms with van der Waals surface area (Å²) in [5.74, 6) is 0.0694. The number of aliphatic hydroxyl groups excluding tert-OH is 1. The Morgan fingerprint density at radius 3 is 2.58 bits per heavy atom. The zero-order valence-corrected chi connectivity index (χ0v) is 7.92. The van der Waals surface area contributed by atoms with Gasteiger partial charge in [-0.2, -0.15) is 0 Å². The zero-order valence-electron chi connectivity index (χ0n) is 7.92. The molecule has 0 radical (unpaired) electrons. The van der Waals surface area contributed by atoms with Gasteiger partial charge < -0.3 is 10.4 Å². The molecule has 0 aliphatic heterocycles. The van der Waals surface area contributed by atoms with Crippen LogP contribution in [0, 0.1) is 5.41 Å². The molecule has 2 N–H and O–H groups in total. The van der Waals surface area contributed by atoms with Crippen molar-refractivity contribution >= 4 is 5.91 Å². The minimum atomic E-state index is -0.264. The molecular formula is C9H17NO2. The molecule has 70 valence electrons. The molecule has 0 aromatic heterocycles. The van der Waals surface area contributed by atoms with Gasteiger partial charge in [0.2, 0.25) is 5.91 Å². The normalized spacial score (nSPS) is 32.3. The molecule has 1 amide bonds. The van der Waals surface area contributed by atoms with Crippen LogP contribution in [0.5, 0.6) is 0 Å². The highest BCUT2D eigenvalue weighted by atomic mass is 16.3. The summed E-state index contributed by atoms with van der Waals surface area (Å²) < 4.78 is 0. The van der Waals surface area contributed by atoms with Crippen LogP contribution in [0.4, 0.5) is 0 Å². The van der Waals surface area contributed by atoms with E-state index in [2.05, 4.69) is 5.32 Å². The molecule has 1 aliphatic carbocycles. The first-order chi connectivity index (χ1) is 5.48. The van der Waals surface area contributed by atoms with Gasteiger partial charge in [0, 0.05) is 17.9 Å². The Bertz CT molecular complexity index is 189. The molecule has 1 aliphatic rings. The highest BCUT2D eigenvalue weighted by Crippen LogP contribution is 2.40. The molecule has 0 bridgehead atoms. The molecule has 0 saturated heterocycles. The van der Waals surface area contributed by atoms with Gasteiger partial charge in [-0.25, -0.2) is 0 Å². The lowest BCUT2D eigenvalue weighted by Gasteiger charge is -2.49. The van der Waals surface area contributed by atoms with Gasteiger partial charge in [-0.15, -0.1) is 0 Å². The Hall–Kier alpha value is -0.570. The van der Waals surface area contributed by atoms with Crippen LogP contribution >= 0.6 is 0 Å². The number of aliphatic hydroxyl groups is 1. The van der Waals surface area contributed by atoms with E-state index in [9.17, 15) is 9.90 Å². The quantitative estimate of drug-likeness (QED) is 0.641. The van der Waals surface area contributed by atoms with Crippen molar-refractivity contribution in [2.45, 2.75) is 45.8 Å². The van der Waals surface area contributed by atoms with Crippen LogP contribution in [-0.2, 0) is 4.79 Å². The van der Waals surface area contributed by atoms with Crippen molar-refractivity contribution in [1.29, 1.82) is 0 Å². The van der Waals surface area contributed by atoms with Crippen LogP contribution in [0.25, 0.3) is 0 Å². The second-order valence-corrected chi connectivity index (χ2v) is 4.05. The molecule has 12 heavy (non-hydrogen) atoms. The third-order valence-electron chi connectivity index (χ3n) is 2.87. The van der Waals surface area contributed by atoms with Gasteiger partial charge in [0.25, 0.3) is 0 Å². The van der Waals surface area contributed by atoms with E-state index in [-0.39, 0.29) is 23.5 Å². The Kier molecular flexibility index (Phi) is 2.42. The van der Waals surface area contributed by atoms with Crippen molar-refractivity contribution in [2.75, 3.05) is 0 Å². The lowest BCUT2D eigenvalue weighted by atomic mass is 9.64. The summed E-state index contributed by atoms with van der Waals surface area (Å²) in [6, 6.07) is 0.153. The molecule has 2 atom stereocenters. The molecule has 1 saturated carbocycles. The highest BCUT2D eigenvalue weighted by Gasteiger charge is 2.47.